The predicted octanol–water partition coefficient (Wildman–Crippen LogP) is 2.65. The molecule has 0 spiro atoms. The molecule has 1 aliphatic heterocycles. The van der Waals surface area contributed by atoms with Gasteiger partial charge in [-0.3, -0.25) is 9.59 Å². The van der Waals surface area contributed by atoms with E-state index in [-0.39, 0.29) is 24.2 Å². The second kappa shape index (κ2) is 4.37. The Balaban J connectivity index is 2.53. The van der Waals surface area contributed by atoms with Crippen LogP contribution in [0.1, 0.15) is 30.6 Å². The van der Waals surface area contributed by atoms with Crippen LogP contribution < -0.4 is 10.1 Å². The quantitative estimate of drug-likeness (QED) is 0.783. The van der Waals surface area contributed by atoms with E-state index in [2.05, 4.69) is 5.32 Å². The highest BCUT2D eigenvalue weighted by Crippen LogP contribution is 2.37. The normalized spacial score (nSPS) is 18.8. The van der Waals surface area contributed by atoms with E-state index >= 15 is 0 Å². The maximum Gasteiger partial charge on any atom is 0.228 e. The molecule has 0 bridgehead atoms. The molecule has 0 fully saturated rings. The fourth-order valence-electron chi connectivity index (χ4n) is 1.71. The topological polar surface area (TPSA) is 55.4 Å². The Morgan fingerprint density at radius 1 is 1.53 bits per heavy atom. The molecule has 0 radical (unpaired) electrons. The molecular weight excluding hydrogens is 242 g/mol. The lowest BCUT2D eigenvalue weighted by molar-refractivity contribution is -0.117. The minimum Gasteiger partial charge on any atom is -0.486 e. The Labute approximate surface area is 104 Å². The van der Waals surface area contributed by atoms with E-state index < -0.39 is 0 Å². The van der Waals surface area contributed by atoms with Crippen LogP contribution in [-0.4, -0.2) is 17.8 Å². The van der Waals surface area contributed by atoms with Gasteiger partial charge in [0.2, 0.25) is 5.91 Å². The van der Waals surface area contributed by atoms with E-state index in [1.165, 1.54) is 6.92 Å². The number of ether oxygens (including phenoxy) is 1. The molecule has 0 saturated heterocycles. The van der Waals surface area contributed by atoms with Crippen molar-refractivity contribution in [3.63, 3.8) is 0 Å². The van der Waals surface area contributed by atoms with Gasteiger partial charge >= 0.3 is 0 Å². The SMILES string of the molecule is CC(=O)c1cc(Cl)c2c(c1)NC(=O)CC(C)O2. The largest absolute Gasteiger partial charge is 0.486 e. The third kappa shape index (κ3) is 2.42. The third-order valence-electron chi connectivity index (χ3n) is 2.52. The number of fused-ring (bicyclic) bond motifs is 1. The molecular formula is C12H12ClNO3. The lowest BCUT2D eigenvalue weighted by Crippen LogP contribution is -2.17. The maximum atomic E-state index is 11.5. The molecule has 90 valence electrons. The van der Waals surface area contributed by atoms with Crippen molar-refractivity contribution in [3.05, 3.63) is 22.7 Å². The first-order valence-electron chi connectivity index (χ1n) is 5.28. The van der Waals surface area contributed by atoms with E-state index in [4.69, 9.17) is 16.3 Å². The van der Waals surface area contributed by atoms with Gasteiger partial charge in [0.15, 0.2) is 11.5 Å². The molecule has 17 heavy (non-hydrogen) atoms. The van der Waals surface area contributed by atoms with Gasteiger partial charge in [0.05, 0.1) is 17.1 Å². The molecule has 1 aliphatic rings. The number of Topliss-reactive ketones (excluding diaryl/α,β-unsaturated/α-hetero) is 1. The van der Waals surface area contributed by atoms with Crippen LogP contribution in [0.25, 0.3) is 0 Å². The van der Waals surface area contributed by atoms with Crippen LogP contribution >= 0.6 is 11.6 Å². The summed E-state index contributed by atoms with van der Waals surface area (Å²) in [6, 6.07) is 3.13. The highest BCUT2D eigenvalue weighted by Gasteiger charge is 2.22. The molecule has 0 aromatic heterocycles. The zero-order valence-corrected chi connectivity index (χ0v) is 10.3. The molecule has 2 rings (SSSR count). The number of hydrogen-bond acceptors (Lipinski definition) is 3. The van der Waals surface area contributed by atoms with Gasteiger partial charge < -0.3 is 10.1 Å². The average molecular weight is 254 g/mol. The summed E-state index contributed by atoms with van der Waals surface area (Å²) >= 11 is 6.05. The molecule has 1 unspecified atom stereocenters. The Kier molecular flexibility index (Phi) is 3.07. The van der Waals surface area contributed by atoms with E-state index in [1.807, 2.05) is 0 Å². The zero-order chi connectivity index (χ0) is 12.6. The molecule has 4 nitrogen and oxygen atoms in total. The number of carbonyl (C=O) groups is 2. The van der Waals surface area contributed by atoms with Gasteiger partial charge in [-0.15, -0.1) is 0 Å². The minimum absolute atomic E-state index is 0.110. The highest BCUT2D eigenvalue weighted by atomic mass is 35.5. The lowest BCUT2D eigenvalue weighted by Gasteiger charge is -2.13. The molecule has 1 amide bonds. The van der Waals surface area contributed by atoms with Gasteiger partial charge in [0.25, 0.3) is 0 Å². The number of rotatable bonds is 1. The van der Waals surface area contributed by atoms with Gasteiger partial charge in [-0.1, -0.05) is 11.6 Å². The molecule has 1 aromatic carbocycles. The summed E-state index contributed by atoms with van der Waals surface area (Å²) in [7, 11) is 0. The van der Waals surface area contributed by atoms with Crippen LogP contribution in [0.4, 0.5) is 5.69 Å². The molecule has 0 saturated carbocycles. The van der Waals surface area contributed by atoms with E-state index in [0.717, 1.165) is 0 Å². The number of amides is 1. The predicted molar refractivity (Wildman–Crippen MR) is 64.8 cm³/mol. The number of carbonyl (C=O) groups excluding carboxylic acids is 2. The van der Waals surface area contributed by atoms with Crippen molar-refractivity contribution in [3.8, 4) is 5.75 Å². The Morgan fingerprint density at radius 2 is 2.24 bits per heavy atom. The Hall–Kier alpha value is -1.55. The van der Waals surface area contributed by atoms with Crippen molar-refractivity contribution in [2.24, 2.45) is 0 Å². The van der Waals surface area contributed by atoms with Crippen molar-refractivity contribution in [1.82, 2.24) is 0 Å². The first-order chi connectivity index (χ1) is 7.97. The molecule has 1 N–H and O–H groups in total. The minimum atomic E-state index is -0.239. The van der Waals surface area contributed by atoms with E-state index in [1.54, 1.807) is 19.1 Å². The fraction of sp³-hybridized carbons (Fsp3) is 0.333. The number of anilines is 1. The van der Waals surface area contributed by atoms with E-state index in [0.29, 0.717) is 22.0 Å². The van der Waals surface area contributed by atoms with Crippen molar-refractivity contribution in [2.75, 3.05) is 5.32 Å². The van der Waals surface area contributed by atoms with Crippen LogP contribution in [-0.2, 0) is 4.79 Å². The lowest BCUT2D eigenvalue weighted by atomic mass is 10.1. The number of ketones is 1. The van der Waals surface area contributed by atoms with Crippen LogP contribution in [0.15, 0.2) is 12.1 Å². The van der Waals surface area contributed by atoms with Crippen molar-refractivity contribution >= 4 is 29.0 Å². The second-order valence-electron chi connectivity index (χ2n) is 4.07. The molecule has 0 aliphatic carbocycles. The van der Waals surface area contributed by atoms with Gasteiger partial charge in [0, 0.05) is 5.56 Å². The monoisotopic (exact) mass is 253 g/mol. The Morgan fingerprint density at radius 3 is 2.88 bits per heavy atom. The number of hydrogen-bond donors (Lipinski definition) is 1. The van der Waals surface area contributed by atoms with Crippen molar-refractivity contribution < 1.29 is 14.3 Å². The van der Waals surface area contributed by atoms with Crippen molar-refractivity contribution in [2.45, 2.75) is 26.4 Å². The van der Waals surface area contributed by atoms with Crippen LogP contribution in [0.2, 0.25) is 5.02 Å². The zero-order valence-electron chi connectivity index (χ0n) is 9.54. The third-order valence-corrected chi connectivity index (χ3v) is 2.80. The van der Waals surface area contributed by atoms with Crippen molar-refractivity contribution in [1.29, 1.82) is 0 Å². The van der Waals surface area contributed by atoms with Gasteiger partial charge in [0.1, 0.15) is 6.10 Å². The number of benzene rings is 1. The average Bonchev–Trinajstić information content (AvgIpc) is 2.35. The first kappa shape index (κ1) is 11.9. The summed E-state index contributed by atoms with van der Waals surface area (Å²) in [5.41, 5.74) is 0.907. The van der Waals surface area contributed by atoms with Crippen LogP contribution in [0.3, 0.4) is 0 Å². The Bertz CT molecular complexity index is 499. The fourth-order valence-corrected chi connectivity index (χ4v) is 1.98. The molecule has 1 atom stereocenters. The summed E-state index contributed by atoms with van der Waals surface area (Å²) in [6.45, 7) is 3.24. The van der Waals surface area contributed by atoms with Gasteiger partial charge in [-0.2, -0.15) is 0 Å². The summed E-state index contributed by atoms with van der Waals surface area (Å²) in [6.07, 6.45) is 0.0253. The summed E-state index contributed by atoms with van der Waals surface area (Å²) < 4.78 is 5.57. The van der Waals surface area contributed by atoms with Gasteiger partial charge in [-0.05, 0) is 26.0 Å². The van der Waals surface area contributed by atoms with E-state index in [9.17, 15) is 9.59 Å². The molecule has 5 heteroatoms. The smallest absolute Gasteiger partial charge is 0.228 e. The van der Waals surface area contributed by atoms with Gasteiger partial charge in [-0.25, -0.2) is 0 Å². The standard InChI is InChI=1S/C12H12ClNO3/c1-6-3-11(16)14-10-5-8(7(2)15)4-9(13)12(10)17-6/h4-6H,3H2,1-2H3,(H,14,16). The molecule has 1 heterocycles. The second-order valence-corrected chi connectivity index (χ2v) is 4.48. The molecule has 1 aromatic rings. The first-order valence-corrected chi connectivity index (χ1v) is 5.66. The summed E-state index contributed by atoms with van der Waals surface area (Å²) in [5.74, 6) is 0.171. The number of nitrogens with one attached hydrogen (secondary N) is 1. The highest BCUT2D eigenvalue weighted by molar-refractivity contribution is 6.33. The van der Waals surface area contributed by atoms with Crippen LogP contribution in [0.5, 0.6) is 5.75 Å². The van der Waals surface area contributed by atoms with Crippen LogP contribution in [0, 0.1) is 0 Å². The number of halogens is 1. The maximum absolute atomic E-state index is 11.5. The summed E-state index contributed by atoms with van der Waals surface area (Å²) in [5, 5.41) is 3.02. The summed E-state index contributed by atoms with van der Waals surface area (Å²) in [4.78, 5) is 22.8.